The van der Waals surface area contributed by atoms with Crippen LogP contribution in [-0.2, 0) is 19.1 Å². The van der Waals surface area contributed by atoms with E-state index in [1.165, 1.54) is 11.1 Å². The molecule has 5 aliphatic rings. The number of hydrogen-bond donors (Lipinski definition) is 0. The maximum absolute atomic E-state index is 13.8. The molecule has 3 heterocycles. The smallest absolute Gasteiger partial charge is 0.316 e. The standard InChI is InChI=1S/C37H42O6/c1-9-25-36(7)26(38)14-16-35(6)30(36)29(43-33(35)40)32-37(25,8)27-19(2)23(18-24(27)42-32)22-15-17-41-28(22)20-10-12-21(13-11-20)31(39)34(3,4)5/h10-17,23-25,29-30,32H,9,18H2,1-8H3/t23-,24-,25-,29-,30+,32-,35-,36+,37-/m1/s1. The molecule has 2 saturated heterocycles. The third-order valence-corrected chi connectivity index (χ3v) is 11.9. The maximum Gasteiger partial charge on any atom is 0.316 e. The molecule has 7 rings (SSSR count). The lowest BCUT2D eigenvalue weighted by Gasteiger charge is -2.59. The van der Waals surface area contributed by atoms with Crippen LogP contribution in [0.1, 0.15) is 90.1 Å². The Bertz CT molecular complexity index is 1620. The third-order valence-electron chi connectivity index (χ3n) is 11.9. The van der Waals surface area contributed by atoms with Crippen LogP contribution in [0.2, 0.25) is 0 Å². The molecule has 0 radical (unpaired) electrons. The van der Waals surface area contributed by atoms with E-state index in [1.54, 1.807) is 18.4 Å². The number of esters is 1. The Balaban J connectivity index is 1.29. The first-order chi connectivity index (χ1) is 20.2. The molecule has 1 saturated carbocycles. The van der Waals surface area contributed by atoms with Crippen molar-refractivity contribution in [3.63, 3.8) is 0 Å². The van der Waals surface area contributed by atoms with Gasteiger partial charge in [-0.1, -0.05) is 83.9 Å². The molecule has 2 aromatic rings. The molecule has 9 atom stereocenters. The summed E-state index contributed by atoms with van der Waals surface area (Å²) in [6.45, 7) is 16.4. The van der Waals surface area contributed by atoms with E-state index in [1.807, 2.05) is 58.0 Å². The molecule has 3 fully saturated rings. The van der Waals surface area contributed by atoms with Gasteiger partial charge in [0.15, 0.2) is 11.6 Å². The minimum Gasteiger partial charge on any atom is -0.464 e. The largest absolute Gasteiger partial charge is 0.464 e. The second kappa shape index (κ2) is 8.90. The van der Waals surface area contributed by atoms with Gasteiger partial charge in [-0.3, -0.25) is 14.4 Å². The van der Waals surface area contributed by atoms with Gasteiger partial charge in [-0.25, -0.2) is 0 Å². The fourth-order valence-electron chi connectivity index (χ4n) is 10.1. The Morgan fingerprint density at radius 1 is 1.02 bits per heavy atom. The van der Waals surface area contributed by atoms with E-state index in [9.17, 15) is 14.4 Å². The number of ether oxygens (including phenoxy) is 2. The minimum atomic E-state index is -0.826. The van der Waals surface area contributed by atoms with Crippen LogP contribution in [0.15, 0.2) is 64.3 Å². The molecule has 2 aliphatic heterocycles. The summed E-state index contributed by atoms with van der Waals surface area (Å²) >= 11 is 0. The van der Waals surface area contributed by atoms with E-state index < -0.39 is 27.8 Å². The Kier molecular flexibility index (Phi) is 5.91. The first kappa shape index (κ1) is 28.5. The minimum absolute atomic E-state index is 0.0112. The Labute approximate surface area is 253 Å². The van der Waals surface area contributed by atoms with Gasteiger partial charge in [0.05, 0.1) is 17.8 Å². The van der Waals surface area contributed by atoms with Gasteiger partial charge >= 0.3 is 5.97 Å². The molecule has 0 unspecified atom stereocenters. The topological polar surface area (TPSA) is 82.8 Å². The van der Waals surface area contributed by atoms with Gasteiger partial charge in [-0.05, 0) is 43.9 Å². The number of furan rings is 1. The molecule has 3 aliphatic carbocycles. The summed E-state index contributed by atoms with van der Waals surface area (Å²) in [6.07, 6.45) is 5.83. The highest BCUT2D eigenvalue weighted by Crippen LogP contribution is 2.72. The van der Waals surface area contributed by atoms with Gasteiger partial charge in [0.1, 0.15) is 18.0 Å². The molecule has 0 bridgehead atoms. The van der Waals surface area contributed by atoms with E-state index in [0.717, 1.165) is 29.7 Å². The van der Waals surface area contributed by atoms with Crippen LogP contribution in [0.5, 0.6) is 0 Å². The van der Waals surface area contributed by atoms with Crippen molar-refractivity contribution in [1.29, 1.82) is 0 Å². The molecule has 0 spiro atoms. The summed E-state index contributed by atoms with van der Waals surface area (Å²) in [4.78, 5) is 40.0. The number of ketones is 2. The van der Waals surface area contributed by atoms with Crippen LogP contribution < -0.4 is 0 Å². The average molecular weight is 583 g/mol. The van der Waals surface area contributed by atoms with Gasteiger partial charge in [0, 0.05) is 44.8 Å². The number of rotatable bonds is 4. The van der Waals surface area contributed by atoms with E-state index in [4.69, 9.17) is 13.9 Å². The molecule has 43 heavy (non-hydrogen) atoms. The summed E-state index contributed by atoms with van der Waals surface area (Å²) in [6, 6.07) is 9.76. The first-order valence-electron chi connectivity index (χ1n) is 15.7. The summed E-state index contributed by atoms with van der Waals surface area (Å²) in [7, 11) is 0. The molecule has 1 aromatic heterocycles. The summed E-state index contributed by atoms with van der Waals surface area (Å²) in [5.74, 6) is 0.573. The highest BCUT2D eigenvalue weighted by molar-refractivity contribution is 6.01. The molecular formula is C37H42O6. The number of carbonyl (C=O) groups excluding carboxylic acids is 3. The Hall–Kier alpha value is -3.25. The van der Waals surface area contributed by atoms with Crippen LogP contribution in [-0.4, -0.2) is 35.8 Å². The van der Waals surface area contributed by atoms with E-state index in [2.05, 4.69) is 27.7 Å². The lowest BCUT2D eigenvalue weighted by atomic mass is 9.42. The highest BCUT2D eigenvalue weighted by atomic mass is 16.6. The fourth-order valence-corrected chi connectivity index (χ4v) is 10.1. The highest BCUT2D eigenvalue weighted by Gasteiger charge is 2.77. The van der Waals surface area contributed by atoms with Crippen LogP contribution in [0, 0.1) is 33.5 Å². The second-order valence-electron chi connectivity index (χ2n) is 15.1. The van der Waals surface area contributed by atoms with Crippen molar-refractivity contribution < 1.29 is 28.3 Å². The fraction of sp³-hybridized carbons (Fsp3) is 0.541. The monoisotopic (exact) mass is 582 g/mol. The quantitative estimate of drug-likeness (QED) is 0.211. The summed E-state index contributed by atoms with van der Waals surface area (Å²) < 4.78 is 19.2. The van der Waals surface area contributed by atoms with Gasteiger partial charge in [0.25, 0.3) is 0 Å². The number of hydrogen-bond acceptors (Lipinski definition) is 6. The zero-order chi connectivity index (χ0) is 30.9. The van der Waals surface area contributed by atoms with Crippen molar-refractivity contribution in [3.05, 3.63) is 71.0 Å². The number of benzene rings is 1. The van der Waals surface area contributed by atoms with Crippen molar-refractivity contribution >= 4 is 17.5 Å². The van der Waals surface area contributed by atoms with Crippen LogP contribution in [0.4, 0.5) is 0 Å². The molecule has 6 heteroatoms. The van der Waals surface area contributed by atoms with Gasteiger partial charge in [-0.15, -0.1) is 0 Å². The van der Waals surface area contributed by atoms with Crippen molar-refractivity contribution in [3.8, 4) is 11.3 Å². The average Bonchev–Trinajstić information content (AvgIpc) is 3.69. The van der Waals surface area contributed by atoms with E-state index in [-0.39, 0.29) is 47.5 Å². The first-order valence-corrected chi connectivity index (χ1v) is 15.7. The van der Waals surface area contributed by atoms with Crippen LogP contribution >= 0.6 is 0 Å². The van der Waals surface area contributed by atoms with Crippen molar-refractivity contribution in [1.82, 2.24) is 0 Å². The van der Waals surface area contributed by atoms with Gasteiger partial charge in [-0.2, -0.15) is 0 Å². The van der Waals surface area contributed by atoms with Crippen LogP contribution in [0.25, 0.3) is 11.3 Å². The molecule has 226 valence electrons. The number of fused-ring (bicyclic) bond motifs is 4. The van der Waals surface area contributed by atoms with E-state index in [0.29, 0.717) is 5.56 Å². The Morgan fingerprint density at radius 2 is 1.72 bits per heavy atom. The molecule has 1 aromatic carbocycles. The molecule has 0 amide bonds. The Morgan fingerprint density at radius 3 is 2.37 bits per heavy atom. The molecular weight excluding hydrogens is 540 g/mol. The van der Waals surface area contributed by atoms with Crippen molar-refractivity contribution in [2.45, 2.75) is 92.5 Å². The van der Waals surface area contributed by atoms with Crippen molar-refractivity contribution in [2.24, 2.45) is 33.5 Å². The van der Waals surface area contributed by atoms with Gasteiger partial charge in [0.2, 0.25) is 0 Å². The number of Topliss-reactive ketones (excluding diaryl/α,β-unsaturated/α-hetero) is 1. The zero-order valence-electron chi connectivity index (χ0n) is 26.4. The maximum atomic E-state index is 13.8. The van der Waals surface area contributed by atoms with Crippen LogP contribution in [0.3, 0.4) is 0 Å². The predicted molar refractivity (Wildman–Crippen MR) is 162 cm³/mol. The van der Waals surface area contributed by atoms with E-state index >= 15 is 0 Å². The normalized spacial score (nSPS) is 39.5. The molecule has 6 nitrogen and oxygen atoms in total. The van der Waals surface area contributed by atoms with Crippen molar-refractivity contribution in [2.75, 3.05) is 0 Å². The lowest BCUT2D eigenvalue weighted by molar-refractivity contribution is -0.186. The molecule has 0 N–H and O–H groups in total. The van der Waals surface area contributed by atoms with Gasteiger partial charge < -0.3 is 13.9 Å². The predicted octanol–water partition coefficient (Wildman–Crippen LogP) is 7.49. The second-order valence-corrected chi connectivity index (χ2v) is 15.1. The number of allylic oxidation sites excluding steroid dienone is 2. The summed E-state index contributed by atoms with van der Waals surface area (Å²) in [5, 5.41) is 0. The lowest BCUT2D eigenvalue weighted by Crippen LogP contribution is -2.65. The third kappa shape index (κ3) is 3.47. The summed E-state index contributed by atoms with van der Waals surface area (Å²) in [5.41, 5.74) is 2.77. The number of carbonyl (C=O) groups is 3. The SMILES string of the molecule is CC[C@H]1[C@]2(C)C3=C(C)[C@H](c4ccoc4-c4ccc(C(=O)C(C)(C)C)cc4)C[C@H]3O[C@@H]2[C@@H]2OC(=O)[C@]3(C)C=CC(=O)[C@@]1(C)[C@@H]23. The zero-order valence-corrected chi connectivity index (χ0v) is 26.4.